The molecule has 0 spiro atoms. The first-order valence-electron chi connectivity index (χ1n) is 10.6. The molecule has 1 unspecified atom stereocenters. The number of hydrogen-bond acceptors (Lipinski definition) is 3. The summed E-state index contributed by atoms with van der Waals surface area (Å²) >= 11 is 0. The number of amides is 1. The van der Waals surface area contributed by atoms with Gasteiger partial charge in [0, 0.05) is 17.7 Å². The molecule has 0 saturated carbocycles. The van der Waals surface area contributed by atoms with Gasteiger partial charge in [-0.25, -0.2) is 0 Å². The Morgan fingerprint density at radius 1 is 1.10 bits per heavy atom. The zero-order valence-electron chi connectivity index (χ0n) is 17.5. The molecule has 0 aromatic heterocycles. The Kier molecular flexibility index (Phi) is 6.48. The minimum atomic E-state index is -0.565. The largest absolute Gasteiger partial charge is 0.491 e. The number of ether oxygens (including phenoxy) is 1. The highest BCUT2D eigenvalue weighted by atomic mass is 16.5. The molecule has 3 aromatic rings. The summed E-state index contributed by atoms with van der Waals surface area (Å²) in [4.78, 5) is 14.8. The van der Waals surface area contributed by atoms with Crippen molar-refractivity contribution in [2.75, 3.05) is 13.2 Å². The normalized spacial score (nSPS) is 14.2. The van der Waals surface area contributed by atoms with Gasteiger partial charge in [0.1, 0.15) is 12.4 Å². The molecule has 4 rings (SSSR count). The van der Waals surface area contributed by atoms with E-state index in [0.717, 1.165) is 28.9 Å². The van der Waals surface area contributed by atoms with Gasteiger partial charge in [-0.1, -0.05) is 61.2 Å². The number of nitrogens with zero attached hydrogens (tertiary/aromatic N) is 1. The molecule has 4 heteroatoms. The standard InChI is InChI=1S/C27H27NO3/c1-2-20-8-11-22(12-9-20)27(30)28-16-17-31-26-15-13-23(18-24(26)19-28)25(29)14-10-21-6-4-3-5-7-21/h2-9,11-13,15,18,25,29H,1,10,14,16-17,19H2. The summed E-state index contributed by atoms with van der Waals surface area (Å²) in [5.41, 5.74) is 4.61. The summed E-state index contributed by atoms with van der Waals surface area (Å²) in [6.45, 7) is 5.17. The van der Waals surface area contributed by atoms with Crippen LogP contribution in [0.4, 0.5) is 0 Å². The van der Waals surface area contributed by atoms with Crippen LogP contribution in [-0.2, 0) is 13.0 Å². The first-order chi connectivity index (χ1) is 15.1. The first-order valence-corrected chi connectivity index (χ1v) is 10.6. The third-order valence-electron chi connectivity index (χ3n) is 5.68. The Bertz CT molecular complexity index is 1040. The molecule has 1 aliphatic heterocycles. The van der Waals surface area contributed by atoms with Crippen molar-refractivity contribution in [3.63, 3.8) is 0 Å². The second-order valence-corrected chi connectivity index (χ2v) is 7.81. The molecule has 0 saturated heterocycles. The quantitative estimate of drug-likeness (QED) is 0.617. The Labute approximate surface area is 183 Å². The number of benzene rings is 3. The fraction of sp³-hybridized carbons (Fsp3) is 0.222. The number of aliphatic hydroxyl groups is 1. The summed E-state index contributed by atoms with van der Waals surface area (Å²) in [5.74, 6) is 0.749. The maximum atomic E-state index is 13.0. The Morgan fingerprint density at radius 3 is 2.61 bits per heavy atom. The van der Waals surface area contributed by atoms with Crippen LogP contribution in [0.5, 0.6) is 5.75 Å². The average molecular weight is 414 g/mol. The zero-order chi connectivity index (χ0) is 21.6. The molecule has 0 fully saturated rings. The van der Waals surface area contributed by atoms with Crippen LogP contribution >= 0.6 is 0 Å². The van der Waals surface area contributed by atoms with Crippen molar-refractivity contribution in [3.05, 3.63) is 107 Å². The molecule has 31 heavy (non-hydrogen) atoms. The van der Waals surface area contributed by atoms with Gasteiger partial charge in [-0.05, 0) is 53.8 Å². The lowest BCUT2D eigenvalue weighted by molar-refractivity contribution is 0.0733. The number of aryl methyl sites for hydroxylation is 1. The SMILES string of the molecule is C=Cc1ccc(C(=O)N2CCOc3ccc(C(O)CCc4ccccc4)cc3C2)cc1. The van der Waals surface area contributed by atoms with E-state index in [-0.39, 0.29) is 5.91 Å². The summed E-state index contributed by atoms with van der Waals surface area (Å²) in [7, 11) is 0. The van der Waals surface area contributed by atoms with Crippen LogP contribution in [0, 0.1) is 0 Å². The van der Waals surface area contributed by atoms with Gasteiger partial charge in [-0.15, -0.1) is 0 Å². The van der Waals surface area contributed by atoms with Crippen LogP contribution in [0.3, 0.4) is 0 Å². The first kappa shape index (κ1) is 20.9. The molecular formula is C27H27NO3. The minimum Gasteiger partial charge on any atom is -0.491 e. The highest BCUT2D eigenvalue weighted by Gasteiger charge is 2.22. The fourth-order valence-electron chi connectivity index (χ4n) is 3.85. The van der Waals surface area contributed by atoms with E-state index in [1.165, 1.54) is 5.56 Å². The predicted octanol–water partition coefficient (Wildman–Crippen LogP) is 5.03. The zero-order valence-corrected chi connectivity index (χ0v) is 17.5. The minimum absolute atomic E-state index is 0.0258. The van der Waals surface area contributed by atoms with E-state index in [9.17, 15) is 9.90 Å². The lowest BCUT2D eigenvalue weighted by Crippen LogP contribution is -2.32. The number of carbonyl (C=O) groups is 1. The molecule has 0 aliphatic carbocycles. The van der Waals surface area contributed by atoms with Gasteiger partial charge < -0.3 is 14.7 Å². The van der Waals surface area contributed by atoms with E-state index in [4.69, 9.17) is 4.74 Å². The third-order valence-corrected chi connectivity index (χ3v) is 5.68. The fourth-order valence-corrected chi connectivity index (χ4v) is 3.85. The van der Waals surface area contributed by atoms with Gasteiger partial charge >= 0.3 is 0 Å². The molecule has 0 radical (unpaired) electrons. The van der Waals surface area contributed by atoms with Gasteiger partial charge in [-0.2, -0.15) is 0 Å². The predicted molar refractivity (Wildman–Crippen MR) is 123 cm³/mol. The third kappa shape index (κ3) is 5.04. The van der Waals surface area contributed by atoms with Crippen molar-refractivity contribution >= 4 is 12.0 Å². The number of carbonyl (C=O) groups excluding carboxylic acids is 1. The Balaban J connectivity index is 1.48. The second kappa shape index (κ2) is 9.63. The van der Waals surface area contributed by atoms with E-state index in [2.05, 4.69) is 18.7 Å². The number of rotatable bonds is 6. The van der Waals surface area contributed by atoms with Gasteiger partial charge in [0.2, 0.25) is 0 Å². The molecule has 1 heterocycles. The highest BCUT2D eigenvalue weighted by Crippen LogP contribution is 2.29. The Morgan fingerprint density at radius 2 is 1.87 bits per heavy atom. The van der Waals surface area contributed by atoms with Crippen LogP contribution in [-0.4, -0.2) is 29.1 Å². The van der Waals surface area contributed by atoms with Crippen molar-refractivity contribution in [3.8, 4) is 5.75 Å². The summed E-state index contributed by atoms with van der Waals surface area (Å²) < 4.78 is 5.88. The number of fused-ring (bicyclic) bond motifs is 1. The summed E-state index contributed by atoms with van der Waals surface area (Å²) in [6.07, 6.45) is 2.64. The van der Waals surface area contributed by atoms with E-state index >= 15 is 0 Å². The van der Waals surface area contributed by atoms with Crippen molar-refractivity contribution in [2.45, 2.75) is 25.5 Å². The van der Waals surface area contributed by atoms with E-state index in [0.29, 0.717) is 31.7 Å². The van der Waals surface area contributed by atoms with Gasteiger partial charge in [0.25, 0.3) is 5.91 Å². The monoisotopic (exact) mass is 413 g/mol. The molecule has 158 valence electrons. The highest BCUT2D eigenvalue weighted by molar-refractivity contribution is 5.94. The lowest BCUT2D eigenvalue weighted by atomic mass is 9.99. The molecule has 3 aromatic carbocycles. The van der Waals surface area contributed by atoms with Crippen LogP contribution in [0.1, 0.15) is 45.1 Å². The molecule has 1 aliphatic rings. The van der Waals surface area contributed by atoms with E-state index < -0.39 is 6.10 Å². The van der Waals surface area contributed by atoms with E-state index in [1.807, 2.05) is 60.7 Å². The molecular weight excluding hydrogens is 386 g/mol. The summed E-state index contributed by atoms with van der Waals surface area (Å²) in [6, 6.07) is 23.4. The van der Waals surface area contributed by atoms with Crippen LogP contribution in [0.2, 0.25) is 0 Å². The van der Waals surface area contributed by atoms with Crippen molar-refractivity contribution in [2.24, 2.45) is 0 Å². The van der Waals surface area contributed by atoms with Crippen LogP contribution < -0.4 is 4.74 Å². The second-order valence-electron chi connectivity index (χ2n) is 7.81. The summed E-state index contributed by atoms with van der Waals surface area (Å²) in [5, 5.41) is 10.7. The van der Waals surface area contributed by atoms with Crippen molar-refractivity contribution in [1.29, 1.82) is 0 Å². The lowest BCUT2D eigenvalue weighted by Gasteiger charge is -2.20. The Hall–Kier alpha value is -3.37. The molecule has 0 bridgehead atoms. The van der Waals surface area contributed by atoms with E-state index in [1.54, 1.807) is 11.0 Å². The molecule has 4 nitrogen and oxygen atoms in total. The van der Waals surface area contributed by atoms with Crippen molar-refractivity contribution in [1.82, 2.24) is 4.90 Å². The maximum absolute atomic E-state index is 13.0. The van der Waals surface area contributed by atoms with Crippen LogP contribution in [0.15, 0.2) is 79.4 Å². The van der Waals surface area contributed by atoms with Gasteiger partial charge in [0.05, 0.1) is 12.6 Å². The van der Waals surface area contributed by atoms with Gasteiger partial charge in [0.15, 0.2) is 0 Å². The average Bonchev–Trinajstić information content (AvgIpc) is 3.04. The van der Waals surface area contributed by atoms with Crippen LogP contribution in [0.25, 0.3) is 6.08 Å². The topological polar surface area (TPSA) is 49.8 Å². The molecule has 1 amide bonds. The van der Waals surface area contributed by atoms with Gasteiger partial charge in [-0.3, -0.25) is 4.79 Å². The van der Waals surface area contributed by atoms with Crippen molar-refractivity contribution < 1.29 is 14.6 Å². The maximum Gasteiger partial charge on any atom is 0.254 e. The number of aliphatic hydroxyl groups excluding tert-OH is 1. The number of hydrogen-bond donors (Lipinski definition) is 1. The smallest absolute Gasteiger partial charge is 0.254 e. The molecule has 1 atom stereocenters. The molecule has 1 N–H and O–H groups in total.